The first-order valence-electron chi connectivity index (χ1n) is 7.10. The van der Waals surface area contributed by atoms with Crippen molar-refractivity contribution in [1.82, 2.24) is 9.55 Å². The SMILES string of the molecule is COc1nccc2c(B3OC(C)(C)C(C)(C)O3)cn(C)c12. The van der Waals surface area contributed by atoms with Crippen LogP contribution in [-0.4, -0.2) is 35.0 Å². The number of fused-ring (bicyclic) bond motifs is 1. The summed E-state index contributed by atoms with van der Waals surface area (Å²) in [6.45, 7) is 8.22. The fraction of sp³-hybridized carbons (Fsp3) is 0.533. The molecule has 0 spiro atoms. The van der Waals surface area contributed by atoms with Gasteiger partial charge in [0.05, 0.1) is 18.3 Å². The van der Waals surface area contributed by atoms with Crippen LogP contribution in [0.5, 0.6) is 5.88 Å². The molecule has 3 heterocycles. The summed E-state index contributed by atoms with van der Waals surface area (Å²) in [4.78, 5) is 4.26. The number of rotatable bonds is 2. The van der Waals surface area contributed by atoms with Crippen molar-refractivity contribution in [2.45, 2.75) is 38.9 Å². The molecule has 3 rings (SSSR count). The predicted octanol–water partition coefficient (Wildman–Crippen LogP) is 1.88. The predicted molar refractivity (Wildman–Crippen MR) is 83.0 cm³/mol. The maximum absolute atomic E-state index is 6.15. The van der Waals surface area contributed by atoms with Gasteiger partial charge < -0.3 is 18.6 Å². The number of aryl methyl sites for hydroxylation is 1. The molecule has 0 bridgehead atoms. The molecule has 0 radical (unpaired) electrons. The third-order valence-corrected chi connectivity index (χ3v) is 4.59. The monoisotopic (exact) mass is 288 g/mol. The number of hydrogen-bond donors (Lipinski definition) is 0. The Kier molecular flexibility index (Phi) is 3.08. The van der Waals surface area contributed by atoms with Crippen molar-refractivity contribution in [3.05, 3.63) is 18.5 Å². The van der Waals surface area contributed by atoms with Gasteiger partial charge in [-0.05, 0) is 33.8 Å². The molecule has 0 N–H and O–H groups in total. The van der Waals surface area contributed by atoms with Gasteiger partial charge in [0.15, 0.2) is 0 Å². The second-order valence-corrected chi connectivity index (χ2v) is 6.50. The smallest absolute Gasteiger partial charge is 0.479 e. The highest BCUT2D eigenvalue weighted by atomic mass is 16.7. The summed E-state index contributed by atoms with van der Waals surface area (Å²) in [5.41, 5.74) is 1.25. The summed E-state index contributed by atoms with van der Waals surface area (Å²) < 4.78 is 19.7. The lowest BCUT2D eigenvalue weighted by Crippen LogP contribution is -2.41. The largest absolute Gasteiger partial charge is 0.497 e. The van der Waals surface area contributed by atoms with Gasteiger partial charge in [-0.25, -0.2) is 4.98 Å². The van der Waals surface area contributed by atoms with Crippen LogP contribution in [0.15, 0.2) is 18.5 Å². The fourth-order valence-electron chi connectivity index (χ4n) is 2.66. The Balaban J connectivity index is 2.11. The third-order valence-electron chi connectivity index (χ3n) is 4.59. The Labute approximate surface area is 125 Å². The summed E-state index contributed by atoms with van der Waals surface area (Å²) in [5, 5.41) is 1.04. The van der Waals surface area contributed by atoms with Crippen molar-refractivity contribution in [2.75, 3.05) is 7.11 Å². The lowest BCUT2D eigenvalue weighted by molar-refractivity contribution is 0.00578. The van der Waals surface area contributed by atoms with E-state index in [0.29, 0.717) is 5.88 Å². The number of ether oxygens (including phenoxy) is 1. The highest BCUT2D eigenvalue weighted by molar-refractivity contribution is 6.65. The Morgan fingerprint density at radius 2 is 1.81 bits per heavy atom. The van der Waals surface area contributed by atoms with Crippen molar-refractivity contribution in [1.29, 1.82) is 0 Å². The second kappa shape index (κ2) is 4.48. The molecule has 1 saturated heterocycles. The lowest BCUT2D eigenvalue weighted by atomic mass is 9.79. The van der Waals surface area contributed by atoms with E-state index in [-0.39, 0.29) is 18.3 Å². The molecule has 112 valence electrons. The van der Waals surface area contributed by atoms with Crippen LogP contribution >= 0.6 is 0 Å². The van der Waals surface area contributed by atoms with Gasteiger partial charge in [-0.2, -0.15) is 0 Å². The summed E-state index contributed by atoms with van der Waals surface area (Å²) in [7, 11) is 3.22. The van der Waals surface area contributed by atoms with E-state index in [1.807, 2.05) is 23.9 Å². The Hall–Kier alpha value is -1.53. The maximum atomic E-state index is 6.15. The van der Waals surface area contributed by atoms with Crippen molar-refractivity contribution < 1.29 is 14.0 Å². The van der Waals surface area contributed by atoms with Crippen LogP contribution < -0.4 is 10.2 Å². The molecule has 2 aromatic heterocycles. The van der Waals surface area contributed by atoms with Crippen LogP contribution in [0.2, 0.25) is 0 Å². The Morgan fingerprint density at radius 3 is 2.38 bits per heavy atom. The minimum absolute atomic E-state index is 0.350. The van der Waals surface area contributed by atoms with Gasteiger partial charge in [0, 0.05) is 30.3 Å². The lowest BCUT2D eigenvalue weighted by Gasteiger charge is -2.32. The summed E-state index contributed by atoms with van der Waals surface area (Å²) in [6, 6.07) is 1.97. The molecular formula is C15H21BN2O3. The van der Waals surface area contributed by atoms with E-state index in [4.69, 9.17) is 14.0 Å². The van der Waals surface area contributed by atoms with Crippen molar-refractivity contribution in [3.63, 3.8) is 0 Å². The van der Waals surface area contributed by atoms with E-state index >= 15 is 0 Å². The zero-order chi connectivity index (χ0) is 15.4. The van der Waals surface area contributed by atoms with Crippen LogP contribution in [0.3, 0.4) is 0 Å². The van der Waals surface area contributed by atoms with Gasteiger partial charge in [-0.15, -0.1) is 0 Å². The molecule has 0 unspecified atom stereocenters. The summed E-state index contributed by atoms with van der Waals surface area (Å²) >= 11 is 0. The zero-order valence-corrected chi connectivity index (χ0v) is 13.4. The Morgan fingerprint density at radius 1 is 1.19 bits per heavy atom. The molecule has 0 amide bonds. The molecule has 6 heteroatoms. The van der Waals surface area contributed by atoms with E-state index < -0.39 is 0 Å². The Bertz CT molecular complexity index is 678. The van der Waals surface area contributed by atoms with Crippen LogP contribution in [0.25, 0.3) is 10.9 Å². The normalized spacial score (nSPS) is 20.2. The fourth-order valence-corrected chi connectivity index (χ4v) is 2.66. The van der Waals surface area contributed by atoms with Gasteiger partial charge in [-0.1, -0.05) is 0 Å². The molecule has 0 saturated carbocycles. The molecule has 1 fully saturated rings. The first-order chi connectivity index (χ1) is 9.77. The number of hydrogen-bond acceptors (Lipinski definition) is 4. The van der Waals surface area contributed by atoms with Gasteiger partial charge in [0.2, 0.25) is 5.88 Å². The molecule has 0 aliphatic carbocycles. The highest BCUT2D eigenvalue weighted by Gasteiger charge is 2.52. The van der Waals surface area contributed by atoms with E-state index in [1.54, 1.807) is 13.3 Å². The molecule has 2 aromatic rings. The van der Waals surface area contributed by atoms with Crippen LogP contribution in [0, 0.1) is 0 Å². The first-order valence-corrected chi connectivity index (χ1v) is 7.10. The van der Waals surface area contributed by atoms with Gasteiger partial charge in [0.1, 0.15) is 5.52 Å². The minimum Gasteiger partial charge on any atom is -0.479 e. The van der Waals surface area contributed by atoms with Gasteiger partial charge in [0.25, 0.3) is 0 Å². The number of methoxy groups -OCH3 is 1. The van der Waals surface area contributed by atoms with E-state index in [2.05, 4.69) is 32.7 Å². The average molecular weight is 288 g/mol. The maximum Gasteiger partial charge on any atom is 0.497 e. The number of aromatic nitrogens is 2. The standard InChI is InChI=1S/C15H21BN2O3/c1-14(2)15(3,4)21-16(20-14)11-9-18(5)12-10(11)7-8-17-13(12)19-6/h7-9H,1-6H3. The number of nitrogens with zero attached hydrogens (tertiary/aromatic N) is 2. The van der Waals surface area contributed by atoms with Crippen LogP contribution in [0.1, 0.15) is 27.7 Å². The summed E-state index contributed by atoms with van der Waals surface area (Å²) in [6.07, 6.45) is 3.77. The van der Waals surface area contributed by atoms with Gasteiger partial charge in [-0.3, -0.25) is 0 Å². The topological polar surface area (TPSA) is 45.5 Å². The quantitative estimate of drug-likeness (QED) is 0.792. The minimum atomic E-state index is -0.384. The van der Waals surface area contributed by atoms with Crippen LogP contribution in [0.4, 0.5) is 0 Å². The molecule has 0 aromatic carbocycles. The zero-order valence-electron chi connectivity index (χ0n) is 13.4. The highest BCUT2D eigenvalue weighted by Crippen LogP contribution is 2.37. The summed E-state index contributed by atoms with van der Waals surface area (Å²) in [5.74, 6) is 0.609. The molecule has 0 atom stereocenters. The van der Waals surface area contributed by atoms with E-state index in [1.165, 1.54) is 0 Å². The molecule has 1 aliphatic heterocycles. The number of pyridine rings is 1. The molecule has 5 nitrogen and oxygen atoms in total. The molecule has 21 heavy (non-hydrogen) atoms. The van der Waals surface area contributed by atoms with Crippen LogP contribution in [-0.2, 0) is 16.4 Å². The third kappa shape index (κ3) is 2.05. The average Bonchev–Trinajstić information content (AvgIpc) is 2.85. The van der Waals surface area contributed by atoms with Crippen molar-refractivity contribution in [3.8, 4) is 5.88 Å². The van der Waals surface area contributed by atoms with Crippen molar-refractivity contribution in [2.24, 2.45) is 7.05 Å². The molecular weight excluding hydrogens is 267 g/mol. The molecule has 1 aliphatic rings. The van der Waals surface area contributed by atoms with Crippen molar-refractivity contribution >= 4 is 23.5 Å². The van der Waals surface area contributed by atoms with Gasteiger partial charge >= 0.3 is 7.12 Å². The van der Waals surface area contributed by atoms with E-state index in [0.717, 1.165) is 16.4 Å². The van der Waals surface area contributed by atoms with E-state index in [9.17, 15) is 0 Å². The first kappa shape index (κ1) is 14.4. The second-order valence-electron chi connectivity index (χ2n) is 6.50.